The third kappa shape index (κ3) is 2.14. The molecule has 3 rings (SSSR count). The maximum Gasteiger partial charge on any atom is 0.326 e. The molecule has 0 unspecified atom stereocenters. The van der Waals surface area contributed by atoms with Gasteiger partial charge in [0, 0.05) is 11.4 Å². The van der Waals surface area contributed by atoms with Gasteiger partial charge in [-0.05, 0) is 43.0 Å². The van der Waals surface area contributed by atoms with Crippen LogP contribution in [0.2, 0.25) is 0 Å². The number of fused-ring (bicyclic) bond motifs is 1. The summed E-state index contributed by atoms with van der Waals surface area (Å²) < 4.78 is 0. The van der Waals surface area contributed by atoms with Gasteiger partial charge in [-0.3, -0.25) is 4.79 Å². The molecule has 108 valence electrons. The van der Waals surface area contributed by atoms with Gasteiger partial charge in [0.2, 0.25) is 0 Å². The summed E-state index contributed by atoms with van der Waals surface area (Å²) in [4.78, 5) is 26.0. The van der Waals surface area contributed by atoms with Crippen molar-refractivity contribution in [2.24, 2.45) is 5.92 Å². The Kier molecular flexibility index (Phi) is 3.54. The highest BCUT2D eigenvalue weighted by molar-refractivity contribution is 7.08. The first kappa shape index (κ1) is 13.6. The predicted octanol–water partition coefficient (Wildman–Crippen LogP) is 2.91. The largest absolute Gasteiger partial charge is 0.480 e. The number of aryl methyl sites for hydroxylation is 1. The van der Waals surface area contributed by atoms with Gasteiger partial charge in [-0.1, -0.05) is 12.8 Å². The number of rotatable bonds is 2. The first-order chi connectivity index (χ1) is 9.59. The Morgan fingerprint density at radius 3 is 2.70 bits per heavy atom. The summed E-state index contributed by atoms with van der Waals surface area (Å²) >= 11 is 1.50. The maximum atomic E-state index is 12.8. The number of likely N-dealkylation sites (tertiary alicyclic amines) is 1. The van der Waals surface area contributed by atoms with Crippen molar-refractivity contribution >= 4 is 23.2 Å². The smallest absolute Gasteiger partial charge is 0.326 e. The van der Waals surface area contributed by atoms with Crippen LogP contribution in [0.25, 0.3) is 0 Å². The van der Waals surface area contributed by atoms with E-state index < -0.39 is 12.0 Å². The molecule has 20 heavy (non-hydrogen) atoms. The summed E-state index contributed by atoms with van der Waals surface area (Å²) in [5.74, 6) is -0.584. The van der Waals surface area contributed by atoms with E-state index in [1.165, 1.54) is 11.3 Å². The van der Waals surface area contributed by atoms with E-state index in [0.29, 0.717) is 17.9 Å². The molecule has 1 saturated heterocycles. The van der Waals surface area contributed by atoms with Crippen LogP contribution in [0.5, 0.6) is 0 Å². The number of hydrogen-bond donors (Lipinski definition) is 1. The number of aliphatic carboxylic acids is 1. The van der Waals surface area contributed by atoms with Crippen LogP contribution in [0.15, 0.2) is 10.8 Å². The van der Waals surface area contributed by atoms with Crippen LogP contribution in [0.3, 0.4) is 0 Å². The van der Waals surface area contributed by atoms with Gasteiger partial charge in [0.1, 0.15) is 6.04 Å². The highest BCUT2D eigenvalue weighted by Crippen LogP contribution is 2.40. The third-order valence-electron chi connectivity index (χ3n) is 4.69. The van der Waals surface area contributed by atoms with Gasteiger partial charge in [-0.2, -0.15) is 11.3 Å². The minimum Gasteiger partial charge on any atom is -0.480 e. The number of thiophene rings is 1. The lowest BCUT2D eigenvalue weighted by Gasteiger charge is -2.33. The van der Waals surface area contributed by atoms with Crippen LogP contribution in [-0.2, 0) is 4.79 Å². The Balaban J connectivity index is 1.93. The fourth-order valence-corrected chi connectivity index (χ4v) is 4.51. The second kappa shape index (κ2) is 5.20. The lowest BCUT2D eigenvalue weighted by Crippen LogP contribution is -2.46. The number of hydrogen-bond acceptors (Lipinski definition) is 3. The summed E-state index contributed by atoms with van der Waals surface area (Å²) in [5, 5.41) is 13.2. The van der Waals surface area contributed by atoms with Crippen LogP contribution in [0.1, 0.15) is 48.0 Å². The molecule has 0 spiro atoms. The highest BCUT2D eigenvalue weighted by atomic mass is 32.1. The van der Waals surface area contributed by atoms with Crippen molar-refractivity contribution in [2.75, 3.05) is 0 Å². The van der Waals surface area contributed by atoms with Crippen molar-refractivity contribution in [3.8, 4) is 0 Å². The summed E-state index contributed by atoms with van der Waals surface area (Å²) in [6.45, 7) is 1.91. The average molecular weight is 293 g/mol. The molecule has 5 heteroatoms. The fourth-order valence-electron chi connectivity index (χ4n) is 3.69. The summed E-state index contributed by atoms with van der Waals surface area (Å²) in [6.07, 6.45) is 4.88. The molecule has 1 N–H and O–H groups in total. The van der Waals surface area contributed by atoms with Crippen molar-refractivity contribution in [1.82, 2.24) is 4.90 Å². The van der Waals surface area contributed by atoms with Gasteiger partial charge in [0.25, 0.3) is 5.91 Å². The maximum absolute atomic E-state index is 12.8. The molecular formula is C15H19NO3S. The zero-order valence-electron chi connectivity index (χ0n) is 11.5. The van der Waals surface area contributed by atoms with Crippen LogP contribution < -0.4 is 0 Å². The molecule has 2 fully saturated rings. The Morgan fingerprint density at radius 2 is 2.05 bits per heavy atom. The minimum absolute atomic E-state index is 0.0921. The number of carbonyl (C=O) groups is 2. The fraction of sp³-hybridized carbons (Fsp3) is 0.600. The molecule has 2 aliphatic rings. The van der Waals surface area contributed by atoms with E-state index in [1.54, 1.807) is 4.90 Å². The van der Waals surface area contributed by atoms with Gasteiger partial charge in [-0.15, -0.1) is 0 Å². The van der Waals surface area contributed by atoms with Gasteiger partial charge in [-0.25, -0.2) is 4.79 Å². The van der Waals surface area contributed by atoms with Gasteiger partial charge >= 0.3 is 5.97 Å². The minimum atomic E-state index is -0.861. The molecule has 4 nitrogen and oxygen atoms in total. The predicted molar refractivity (Wildman–Crippen MR) is 77.0 cm³/mol. The van der Waals surface area contributed by atoms with Gasteiger partial charge < -0.3 is 10.0 Å². The normalized spacial score (nSPS) is 29.2. The van der Waals surface area contributed by atoms with E-state index in [-0.39, 0.29) is 11.9 Å². The number of amides is 1. The zero-order chi connectivity index (χ0) is 14.3. The SMILES string of the molecule is Cc1cscc1C(=O)N1[C@H](C(=O)O)C[C@@H]2CCCC[C@@H]21. The molecule has 0 aromatic carbocycles. The molecule has 1 saturated carbocycles. The summed E-state index contributed by atoms with van der Waals surface area (Å²) in [7, 11) is 0. The molecule has 2 heterocycles. The lowest BCUT2D eigenvalue weighted by molar-refractivity contribution is -0.141. The molecule has 1 aliphatic carbocycles. The van der Waals surface area contributed by atoms with Crippen LogP contribution in [-0.4, -0.2) is 34.0 Å². The van der Waals surface area contributed by atoms with Gasteiger partial charge in [0.05, 0.1) is 5.56 Å². The lowest BCUT2D eigenvalue weighted by atomic mass is 9.84. The van der Waals surface area contributed by atoms with Crippen LogP contribution >= 0.6 is 11.3 Å². The van der Waals surface area contributed by atoms with E-state index in [2.05, 4.69) is 0 Å². The molecule has 0 bridgehead atoms. The van der Waals surface area contributed by atoms with Crippen molar-refractivity contribution in [3.63, 3.8) is 0 Å². The topological polar surface area (TPSA) is 57.6 Å². The van der Waals surface area contributed by atoms with Gasteiger partial charge in [0.15, 0.2) is 0 Å². The van der Waals surface area contributed by atoms with Crippen molar-refractivity contribution < 1.29 is 14.7 Å². The number of carboxylic acid groups (broad SMARTS) is 1. The Morgan fingerprint density at radius 1 is 1.30 bits per heavy atom. The van der Waals surface area contributed by atoms with E-state index >= 15 is 0 Å². The van der Waals surface area contributed by atoms with E-state index in [9.17, 15) is 14.7 Å². The van der Waals surface area contributed by atoms with Crippen molar-refractivity contribution in [2.45, 2.75) is 51.1 Å². The number of nitrogens with zero attached hydrogens (tertiary/aromatic N) is 1. The van der Waals surface area contributed by atoms with Crippen molar-refractivity contribution in [1.29, 1.82) is 0 Å². The molecule has 1 aromatic rings. The number of carboxylic acids is 1. The van der Waals surface area contributed by atoms with Crippen LogP contribution in [0.4, 0.5) is 0 Å². The molecule has 1 aliphatic heterocycles. The van der Waals surface area contributed by atoms with E-state index in [1.807, 2.05) is 17.7 Å². The monoisotopic (exact) mass is 293 g/mol. The first-order valence-corrected chi connectivity index (χ1v) is 8.12. The van der Waals surface area contributed by atoms with E-state index in [4.69, 9.17) is 0 Å². The third-order valence-corrected chi connectivity index (χ3v) is 5.55. The molecule has 3 atom stereocenters. The highest BCUT2D eigenvalue weighted by Gasteiger charge is 2.47. The quantitative estimate of drug-likeness (QED) is 0.912. The van der Waals surface area contributed by atoms with E-state index in [0.717, 1.165) is 31.2 Å². The molecular weight excluding hydrogens is 274 g/mol. The number of carbonyl (C=O) groups excluding carboxylic acids is 1. The Hall–Kier alpha value is -1.36. The van der Waals surface area contributed by atoms with Crippen molar-refractivity contribution in [3.05, 3.63) is 21.9 Å². The zero-order valence-corrected chi connectivity index (χ0v) is 12.4. The second-order valence-electron chi connectivity index (χ2n) is 5.88. The Labute approximate surface area is 122 Å². The second-order valence-corrected chi connectivity index (χ2v) is 6.63. The Bertz CT molecular complexity index is 539. The molecule has 0 radical (unpaired) electrons. The summed E-state index contributed by atoms with van der Waals surface area (Å²) in [5.41, 5.74) is 1.62. The standard InChI is InChI=1S/C15H19NO3S/c1-9-7-20-8-11(9)14(17)16-12-5-3-2-4-10(12)6-13(16)15(18)19/h7-8,10,12-13H,2-6H2,1H3,(H,18,19)/t10-,12-,13-/m0/s1. The molecule has 1 aromatic heterocycles. The van der Waals surface area contributed by atoms with Crippen LogP contribution in [0, 0.1) is 12.8 Å². The summed E-state index contributed by atoms with van der Waals surface area (Å²) in [6, 6.07) is -0.522. The average Bonchev–Trinajstić information content (AvgIpc) is 3.01. The molecule has 1 amide bonds. The first-order valence-electron chi connectivity index (χ1n) is 7.18.